The first-order chi connectivity index (χ1) is 16.7. The van der Waals surface area contributed by atoms with Crippen LogP contribution < -0.4 is 9.64 Å². The average molecular weight is 467 g/mol. The molecule has 1 aromatic heterocycles. The van der Waals surface area contributed by atoms with E-state index in [1.54, 1.807) is 7.11 Å². The van der Waals surface area contributed by atoms with Crippen LogP contribution in [0.2, 0.25) is 0 Å². The highest BCUT2D eigenvalue weighted by Crippen LogP contribution is 2.38. The number of carbonyl (C=O) groups excluding carboxylic acids is 1. The molecule has 8 heteroatoms. The van der Waals surface area contributed by atoms with Crippen molar-refractivity contribution in [3.8, 4) is 5.75 Å². The molecule has 4 fully saturated rings. The molecule has 1 amide bonds. The fourth-order valence-electron chi connectivity index (χ4n) is 6.02. The van der Waals surface area contributed by atoms with Gasteiger partial charge in [-0.15, -0.1) is 5.10 Å². The topological polar surface area (TPSA) is 66.7 Å². The Morgan fingerprint density at radius 1 is 1.15 bits per heavy atom. The number of methoxy groups -OCH3 is 1. The highest BCUT2D eigenvalue weighted by molar-refractivity contribution is 5.80. The molecule has 4 aliphatic heterocycles. The predicted molar refractivity (Wildman–Crippen MR) is 132 cm³/mol. The second-order valence-electron chi connectivity index (χ2n) is 10.1. The van der Waals surface area contributed by atoms with Crippen molar-refractivity contribution in [2.75, 3.05) is 51.3 Å². The first-order valence-electron chi connectivity index (χ1n) is 13.0. The van der Waals surface area contributed by atoms with E-state index in [4.69, 9.17) is 4.74 Å². The Morgan fingerprint density at radius 2 is 1.97 bits per heavy atom. The van der Waals surface area contributed by atoms with Gasteiger partial charge in [-0.2, -0.15) is 0 Å². The zero-order valence-corrected chi connectivity index (χ0v) is 20.6. The van der Waals surface area contributed by atoms with Crippen LogP contribution in [0.4, 0.5) is 5.69 Å². The van der Waals surface area contributed by atoms with Crippen LogP contribution >= 0.6 is 0 Å². The van der Waals surface area contributed by atoms with Gasteiger partial charge in [-0.1, -0.05) is 30.7 Å². The highest BCUT2D eigenvalue weighted by atomic mass is 16.5. The van der Waals surface area contributed by atoms with Gasteiger partial charge in [0.25, 0.3) is 0 Å². The number of benzene rings is 1. The Hall–Kier alpha value is -2.61. The van der Waals surface area contributed by atoms with Gasteiger partial charge in [-0.05, 0) is 50.3 Å². The third-order valence-corrected chi connectivity index (χ3v) is 7.98. The lowest BCUT2D eigenvalue weighted by atomic mass is 9.75. The van der Waals surface area contributed by atoms with Gasteiger partial charge < -0.3 is 14.5 Å². The van der Waals surface area contributed by atoms with Crippen LogP contribution in [0.15, 0.2) is 30.5 Å². The molecule has 34 heavy (non-hydrogen) atoms. The second-order valence-corrected chi connectivity index (χ2v) is 10.1. The summed E-state index contributed by atoms with van der Waals surface area (Å²) in [5, 5.41) is 8.72. The van der Waals surface area contributed by atoms with Crippen molar-refractivity contribution in [2.24, 2.45) is 11.8 Å². The normalized spacial score (nSPS) is 26.6. The molecule has 4 saturated heterocycles. The van der Waals surface area contributed by atoms with E-state index in [9.17, 15) is 4.79 Å². The van der Waals surface area contributed by atoms with E-state index in [-0.39, 0.29) is 5.92 Å². The van der Waals surface area contributed by atoms with Gasteiger partial charge in [0.05, 0.1) is 31.0 Å². The summed E-state index contributed by atoms with van der Waals surface area (Å²) >= 11 is 0. The van der Waals surface area contributed by atoms with Crippen molar-refractivity contribution in [3.63, 3.8) is 0 Å². The number of rotatable bonds is 8. The van der Waals surface area contributed by atoms with E-state index in [0.29, 0.717) is 17.9 Å². The molecule has 0 spiro atoms. The Balaban J connectivity index is 1.15. The van der Waals surface area contributed by atoms with E-state index in [1.807, 2.05) is 22.9 Å². The van der Waals surface area contributed by atoms with Crippen LogP contribution in [0.3, 0.4) is 0 Å². The van der Waals surface area contributed by atoms with Crippen LogP contribution in [-0.2, 0) is 17.8 Å². The van der Waals surface area contributed by atoms with Crippen LogP contribution in [0.5, 0.6) is 5.75 Å². The molecular formula is C26H38N6O2. The molecule has 0 radical (unpaired) electrons. The quantitative estimate of drug-likeness (QED) is 0.596. The molecule has 1 unspecified atom stereocenters. The average Bonchev–Trinajstić information content (AvgIpc) is 3.34. The summed E-state index contributed by atoms with van der Waals surface area (Å²) in [7, 11) is 1.72. The lowest BCUT2D eigenvalue weighted by Gasteiger charge is -2.50. The number of carbonyl (C=O) groups is 1. The molecule has 0 aliphatic carbocycles. The minimum atomic E-state index is 0.138. The number of fused-ring (bicyclic) bond motifs is 3. The fraction of sp³-hybridized carbons (Fsp3) is 0.654. The maximum Gasteiger partial charge on any atom is 0.227 e. The number of anilines is 1. The summed E-state index contributed by atoms with van der Waals surface area (Å²) < 4.78 is 7.55. The summed E-state index contributed by atoms with van der Waals surface area (Å²) in [4.78, 5) is 20.5. The number of aromatic nitrogens is 3. The highest BCUT2D eigenvalue weighted by Gasteiger charge is 2.44. The molecule has 1 aromatic carbocycles. The summed E-state index contributed by atoms with van der Waals surface area (Å²) in [6.07, 6.45) is 7.68. The maximum atomic E-state index is 13.5. The third kappa shape index (κ3) is 4.78. The van der Waals surface area contributed by atoms with Gasteiger partial charge in [0, 0.05) is 45.0 Å². The van der Waals surface area contributed by atoms with Crippen LogP contribution in [0.1, 0.15) is 38.3 Å². The SMILES string of the molecule is CCCCc1cn(C[C@H]2C[C@@H]3CCN2C[C@@H]3C(=O)N2CCN(c3ccccc3OC)CC2)nn1. The van der Waals surface area contributed by atoms with Crippen molar-refractivity contribution in [2.45, 2.75) is 51.6 Å². The molecule has 4 atom stereocenters. The Morgan fingerprint density at radius 3 is 2.71 bits per heavy atom. The van der Waals surface area contributed by atoms with Gasteiger partial charge in [-0.3, -0.25) is 14.4 Å². The minimum Gasteiger partial charge on any atom is -0.495 e. The molecule has 5 heterocycles. The Labute approximate surface area is 202 Å². The molecule has 4 aliphatic rings. The Kier molecular flexibility index (Phi) is 7.04. The number of unbranched alkanes of at least 4 members (excludes halogenated alkanes) is 1. The standard InChI is InChI=1S/C26H38N6O2/c1-3-4-7-21-17-32(28-27-21)18-22-16-20-10-11-31(22)19-23(20)26(33)30-14-12-29(13-15-30)24-8-5-6-9-25(24)34-2/h5-6,8-9,17,20,22-23H,3-4,7,10-16,18-19H2,1-2H3/t20-,22+,23-/m0/s1. The monoisotopic (exact) mass is 466 g/mol. The van der Waals surface area contributed by atoms with Crippen LogP contribution in [0, 0.1) is 11.8 Å². The van der Waals surface area contributed by atoms with Crippen molar-refractivity contribution in [3.05, 3.63) is 36.2 Å². The number of ether oxygens (including phenoxy) is 1. The minimum absolute atomic E-state index is 0.138. The number of piperazine rings is 1. The molecular weight excluding hydrogens is 428 g/mol. The summed E-state index contributed by atoms with van der Waals surface area (Å²) in [6, 6.07) is 8.61. The molecule has 8 nitrogen and oxygen atoms in total. The van der Waals surface area contributed by atoms with E-state index >= 15 is 0 Å². The predicted octanol–water partition coefficient (Wildman–Crippen LogP) is 2.69. The van der Waals surface area contributed by atoms with Gasteiger partial charge >= 0.3 is 0 Å². The second kappa shape index (κ2) is 10.3. The first kappa shape index (κ1) is 23.1. The number of nitrogens with zero attached hydrogens (tertiary/aromatic N) is 6. The zero-order valence-electron chi connectivity index (χ0n) is 20.6. The largest absolute Gasteiger partial charge is 0.495 e. The zero-order chi connectivity index (χ0) is 23.5. The van der Waals surface area contributed by atoms with E-state index in [0.717, 1.165) is 88.6 Å². The summed E-state index contributed by atoms with van der Waals surface area (Å²) in [5.41, 5.74) is 2.21. The van der Waals surface area contributed by atoms with Crippen molar-refractivity contribution in [1.29, 1.82) is 0 Å². The lowest BCUT2D eigenvalue weighted by molar-refractivity contribution is -0.144. The number of hydrogen-bond acceptors (Lipinski definition) is 6. The molecule has 0 saturated carbocycles. The van der Waals surface area contributed by atoms with Crippen LogP contribution in [0.25, 0.3) is 0 Å². The van der Waals surface area contributed by atoms with Gasteiger partial charge in [0.15, 0.2) is 0 Å². The number of amides is 1. The summed E-state index contributed by atoms with van der Waals surface area (Å²) in [5.74, 6) is 1.88. The number of aryl methyl sites for hydroxylation is 1. The van der Waals surface area contributed by atoms with Gasteiger partial charge in [0.2, 0.25) is 5.91 Å². The fourth-order valence-corrected chi connectivity index (χ4v) is 6.02. The summed E-state index contributed by atoms with van der Waals surface area (Å²) in [6.45, 7) is 8.33. The number of hydrogen-bond donors (Lipinski definition) is 0. The molecule has 6 rings (SSSR count). The van der Waals surface area contributed by atoms with Crippen molar-refractivity contribution < 1.29 is 9.53 Å². The van der Waals surface area contributed by atoms with Gasteiger partial charge in [0.1, 0.15) is 5.75 Å². The number of para-hydroxylation sites is 2. The molecule has 2 bridgehead atoms. The molecule has 0 N–H and O–H groups in total. The Bertz CT molecular complexity index is 970. The van der Waals surface area contributed by atoms with Crippen LogP contribution in [-0.4, -0.2) is 83.1 Å². The van der Waals surface area contributed by atoms with E-state index in [1.165, 1.54) is 6.42 Å². The third-order valence-electron chi connectivity index (χ3n) is 7.98. The molecule has 2 aromatic rings. The molecule has 184 valence electrons. The van der Waals surface area contributed by atoms with Gasteiger partial charge in [-0.25, -0.2) is 0 Å². The van der Waals surface area contributed by atoms with Crippen molar-refractivity contribution >= 4 is 11.6 Å². The lowest BCUT2D eigenvalue weighted by Crippen LogP contribution is -2.60. The van der Waals surface area contributed by atoms with E-state index < -0.39 is 0 Å². The first-order valence-corrected chi connectivity index (χ1v) is 13.0. The number of piperidine rings is 3. The van der Waals surface area contributed by atoms with E-state index in [2.05, 4.69) is 44.2 Å². The van der Waals surface area contributed by atoms with Crippen molar-refractivity contribution in [1.82, 2.24) is 24.8 Å². The smallest absolute Gasteiger partial charge is 0.227 e. The maximum absolute atomic E-state index is 13.5.